The molecule has 2 aromatic carbocycles. The van der Waals surface area contributed by atoms with Crippen LogP contribution < -0.4 is 4.74 Å². The van der Waals surface area contributed by atoms with Crippen LogP contribution in [0, 0.1) is 17.0 Å². The van der Waals surface area contributed by atoms with Gasteiger partial charge in [0.05, 0.1) is 23.5 Å². The molecular weight excluding hydrogens is 318 g/mol. The Kier molecular flexibility index (Phi) is 5.00. The van der Waals surface area contributed by atoms with Gasteiger partial charge >= 0.3 is 5.69 Å². The third-order valence-corrected chi connectivity index (χ3v) is 4.88. The number of nitro benzene ring substituents is 1. The number of sulfone groups is 1. The fourth-order valence-corrected chi connectivity index (χ4v) is 3.70. The van der Waals surface area contributed by atoms with Gasteiger partial charge in [0.25, 0.3) is 0 Å². The first-order valence-corrected chi connectivity index (χ1v) is 8.70. The van der Waals surface area contributed by atoms with Crippen LogP contribution in [0.15, 0.2) is 42.5 Å². The van der Waals surface area contributed by atoms with E-state index in [0.717, 1.165) is 5.56 Å². The summed E-state index contributed by atoms with van der Waals surface area (Å²) in [4.78, 5) is 10.4. The zero-order chi connectivity index (χ0) is 17.0. The summed E-state index contributed by atoms with van der Waals surface area (Å²) in [5.74, 6) is -0.256. The minimum atomic E-state index is -3.43. The van der Waals surface area contributed by atoms with Gasteiger partial charge in [0.2, 0.25) is 0 Å². The molecule has 0 unspecified atom stereocenters. The van der Waals surface area contributed by atoms with Gasteiger partial charge in [-0.3, -0.25) is 10.1 Å². The topological polar surface area (TPSA) is 86.5 Å². The maximum Gasteiger partial charge on any atom is 0.311 e. The van der Waals surface area contributed by atoms with Crippen molar-refractivity contribution in [2.75, 3.05) is 7.11 Å². The van der Waals surface area contributed by atoms with Crippen LogP contribution in [-0.4, -0.2) is 20.5 Å². The van der Waals surface area contributed by atoms with E-state index < -0.39 is 14.8 Å². The summed E-state index contributed by atoms with van der Waals surface area (Å²) in [7, 11) is -2.10. The second-order valence-corrected chi connectivity index (χ2v) is 7.35. The molecule has 0 aromatic heterocycles. The van der Waals surface area contributed by atoms with Crippen LogP contribution in [0.2, 0.25) is 0 Å². The lowest BCUT2D eigenvalue weighted by molar-refractivity contribution is -0.385. The molecule has 2 rings (SSSR count). The molecule has 23 heavy (non-hydrogen) atoms. The molecule has 122 valence electrons. The van der Waals surface area contributed by atoms with Crippen molar-refractivity contribution in [1.29, 1.82) is 0 Å². The Bertz CT molecular complexity index is 813. The molecule has 0 spiro atoms. The Balaban J connectivity index is 2.21. The van der Waals surface area contributed by atoms with Crippen LogP contribution in [0.1, 0.15) is 16.7 Å². The van der Waals surface area contributed by atoms with E-state index in [1.807, 2.05) is 19.1 Å². The van der Waals surface area contributed by atoms with Crippen LogP contribution in [0.5, 0.6) is 5.75 Å². The molecule has 6 nitrogen and oxygen atoms in total. The summed E-state index contributed by atoms with van der Waals surface area (Å²) < 4.78 is 29.5. The number of ether oxygens (including phenoxy) is 1. The molecule has 0 fully saturated rings. The number of methoxy groups -OCH3 is 1. The summed E-state index contributed by atoms with van der Waals surface area (Å²) in [5.41, 5.74) is 1.87. The third-order valence-electron chi connectivity index (χ3n) is 3.33. The highest BCUT2D eigenvalue weighted by molar-refractivity contribution is 7.89. The van der Waals surface area contributed by atoms with Crippen molar-refractivity contribution in [3.63, 3.8) is 0 Å². The number of aryl methyl sites for hydroxylation is 1. The third kappa shape index (κ3) is 4.53. The Morgan fingerprint density at radius 3 is 2.17 bits per heavy atom. The van der Waals surface area contributed by atoms with Gasteiger partial charge in [0.1, 0.15) is 0 Å². The number of nitro groups is 1. The molecule has 2 aromatic rings. The van der Waals surface area contributed by atoms with Crippen LogP contribution in [-0.2, 0) is 21.3 Å². The molecule has 7 heteroatoms. The number of rotatable bonds is 6. The normalized spacial score (nSPS) is 11.2. The van der Waals surface area contributed by atoms with E-state index in [4.69, 9.17) is 4.74 Å². The van der Waals surface area contributed by atoms with Gasteiger partial charge in [-0.1, -0.05) is 35.9 Å². The smallest absolute Gasteiger partial charge is 0.311 e. The van der Waals surface area contributed by atoms with Gasteiger partial charge in [-0.15, -0.1) is 0 Å². The second-order valence-electron chi connectivity index (χ2n) is 5.28. The molecule has 0 aliphatic rings. The Morgan fingerprint density at radius 2 is 1.61 bits per heavy atom. The van der Waals surface area contributed by atoms with Gasteiger partial charge < -0.3 is 4.74 Å². The van der Waals surface area contributed by atoms with E-state index in [9.17, 15) is 18.5 Å². The van der Waals surface area contributed by atoms with Crippen LogP contribution in [0.25, 0.3) is 0 Å². The highest BCUT2D eigenvalue weighted by Crippen LogP contribution is 2.28. The fraction of sp³-hybridized carbons (Fsp3) is 0.250. The molecule has 0 amide bonds. The highest BCUT2D eigenvalue weighted by atomic mass is 32.2. The SMILES string of the molecule is COc1ccc(CS(=O)(=O)Cc2ccc(C)cc2)cc1[N+](=O)[O-]. The molecule has 0 saturated carbocycles. The van der Waals surface area contributed by atoms with Crippen molar-refractivity contribution in [2.24, 2.45) is 0 Å². The summed E-state index contributed by atoms with van der Waals surface area (Å²) in [6.45, 7) is 1.93. The van der Waals surface area contributed by atoms with Gasteiger partial charge in [-0.25, -0.2) is 8.42 Å². The van der Waals surface area contributed by atoms with E-state index in [1.165, 1.54) is 25.3 Å². The van der Waals surface area contributed by atoms with Crippen molar-refractivity contribution in [1.82, 2.24) is 0 Å². The Labute approximate surface area is 134 Å². The maximum absolute atomic E-state index is 12.3. The van der Waals surface area contributed by atoms with Crippen molar-refractivity contribution in [3.8, 4) is 5.75 Å². The second kappa shape index (κ2) is 6.78. The average Bonchev–Trinajstić information content (AvgIpc) is 2.49. The summed E-state index contributed by atoms with van der Waals surface area (Å²) in [6, 6.07) is 11.4. The van der Waals surface area contributed by atoms with Gasteiger partial charge in [0.15, 0.2) is 15.6 Å². The Morgan fingerprint density at radius 1 is 1.04 bits per heavy atom. The molecule has 0 bridgehead atoms. The maximum atomic E-state index is 12.3. The average molecular weight is 335 g/mol. The Hall–Kier alpha value is -2.41. The summed E-state index contributed by atoms with van der Waals surface area (Å²) >= 11 is 0. The first kappa shape index (κ1) is 17.0. The standard InChI is InChI=1S/C16H17NO5S/c1-12-3-5-13(6-4-12)10-23(20,21)11-14-7-8-16(22-2)15(9-14)17(18)19/h3-9H,10-11H2,1-2H3. The predicted octanol–water partition coefficient (Wildman–Crippen LogP) is 3.03. The van der Waals surface area contributed by atoms with Crippen molar-refractivity contribution < 1.29 is 18.1 Å². The molecule has 0 radical (unpaired) electrons. The summed E-state index contributed by atoms with van der Waals surface area (Å²) in [6.07, 6.45) is 0. The molecule has 0 aliphatic carbocycles. The molecule has 0 heterocycles. The number of hydrogen-bond donors (Lipinski definition) is 0. The largest absolute Gasteiger partial charge is 0.490 e. The fourth-order valence-electron chi connectivity index (χ4n) is 2.21. The predicted molar refractivity (Wildman–Crippen MR) is 87.2 cm³/mol. The molecule has 0 saturated heterocycles. The summed E-state index contributed by atoms with van der Waals surface area (Å²) in [5, 5.41) is 11.0. The molecular formula is C16H17NO5S. The molecule has 0 atom stereocenters. The first-order chi connectivity index (χ1) is 10.8. The van der Waals surface area contributed by atoms with E-state index >= 15 is 0 Å². The highest BCUT2D eigenvalue weighted by Gasteiger charge is 2.19. The number of hydrogen-bond acceptors (Lipinski definition) is 5. The van der Waals surface area contributed by atoms with Crippen molar-refractivity contribution in [3.05, 3.63) is 69.3 Å². The lowest BCUT2D eigenvalue weighted by Gasteiger charge is -2.07. The minimum Gasteiger partial charge on any atom is -0.490 e. The zero-order valence-corrected chi connectivity index (χ0v) is 13.7. The van der Waals surface area contributed by atoms with Crippen molar-refractivity contribution >= 4 is 15.5 Å². The quantitative estimate of drug-likeness (QED) is 0.598. The monoisotopic (exact) mass is 335 g/mol. The van der Waals surface area contributed by atoms with Crippen LogP contribution >= 0.6 is 0 Å². The van der Waals surface area contributed by atoms with Gasteiger partial charge in [0, 0.05) is 6.07 Å². The van der Waals surface area contributed by atoms with Crippen molar-refractivity contribution in [2.45, 2.75) is 18.4 Å². The molecule has 0 N–H and O–H groups in total. The minimum absolute atomic E-state index is 0.104. The number of benzene rings is 2. The van der Waals surface area contributed by atoms with E-state index in [2.05, 4.69) is 0 Å². The van der Waals surface area contributed by atoms with Crippen LogP contribution in [0.4, 0.5) is 5.69 Å². The zero-order valence-electron chi connectivity index (χ0n) is 12.9. The first-order valence-electron chi connectivity index (χ1n) is 6.88. The lowest BCUT2D eigenvalue weighted by Crippen LogP contribution is -2.08. The van der Waals surface area contributed by atoms with Crippen LogP contribution in [0.3, 0.4) is 0 Å². The molecule has 0 aliphatic heterocycles. The van der Waals surface area contributed by atoms with E-state index in [0.29, 0.717) is 11.1 Å². The number of nitrogens with zero attached hydrogens (tertiary/aromatic N) is 1. The lowest BCUT2D eigenvalue weighted by atomic mass is 10.2. The van der Waals surface area contributed by atoms with Gasteiger partial charge in [-0.05, 0) is 24.1 Å². The van der Waals surface area contributed by atoms with E-state index in [-0.39, 0.29) is 22.9 Å². The van der Waals surface area contributed by atoms with E-state index in [1.54, 1.807) is 12.1 Å². The van der Waals surface area contributed by atoms with Gasteiger partial charge in [-0.2, -0.15) is 0 Å².